The van der Waals surface area contributed by atoms with Crippen molar-refractivity contribution in [1.29, 1.82) is 0 Å². The number of carboxylic acids is 2. The minimum Gasteiger partial charge on any atom is -0.481 e. The number of carbonyl (C=O) groups is 2. The molecule has 12 heavy (non-hydrogen) atoms. The van der Waals surface area contributed by atoms with Gasteiger partial charge in [-0.05, 0) is 6.42 Å². The third-order valence-electron chi connectivity index (χ3n) is 1.17. The van der Waals surface area contributed by atoms with Gasteiger partial charge in [-0.15, -0.1) is 0 Å². The standard InChI is InChI=1S/C6H10O4S2/c7-4(8)1-2-6(11,12)3-5(9)10/h11-12H,1-3H2,(H,7,8)(H,9,10). The van der Waals surface area contributed by atoms with Gasteiger partial charge in [-0.25, -0.2) is 0 Å². The maximum atomic E-state index is 10.2. The SMILES string of the molecule is O=C(O)CCC(S)(S)CC(=O)O. The molecule has 0 amide bonds. The number of hydrogen-bond acceptors (Lipinski definition) is 4. The number of aliphatic carboxylic acids is 2. The molecule has 0 aliphatic rings. The van der Waals surface area contributed by atoms with E-state index in [-0.39, 0.29) is 19.3 Å². The van der Waals surface area contributed by atoms with Crippen LogP contribution in [-0.4, -0.2) is 26.2 Å². The molecule has 70 valence electrons. The molecular formula is C6H10O4S2. The Balaban J connectivity index is 3.86. The van der Waals surface area contributed by atoms with Gasteiger partial charge in [0.15, 0.2) is 0 Å². The molecule has 2 N–H and O–H groups in total. The second-order valence-corrected chi connectivity index (χ2v) is 4.51. The molecular weight excluding hydrogens is 200 g/mol. The summed E-state index contributed by atoms with van der Waals surface area (Å²) in [4.78, 5) is 20.3. The van der Waals surface area contributed by atoms with Crippen LogP contribution in [0.4, 0.5) is 0 Å². The van der Waals surface area contributed by atoms with Crippen molar-refractivity contribution in [3.63, 3.8) is 0 Å². The fourth-order valence-electron chi connectivity index (χ4n) is 0.638. The van der Waals surface area contributed by atoms with Gasteiger partial charge in [0.2, 0.25) is 0 Å². The summed E-state index contributed by atoms with van der Waals surface area (Å²) >= 11 is 7.84. The molecule has 0 saturated heterocycles. The first-order valence-electron chi connectivity index (χ1n) is 3.22. The Hall–Kier alpha value is -0.360. The fourth-order valence-corrected chi connectivity index (χ4v) is 1.13. The van der Waals surface area contributed by atoms with Gasteiger partial charge in [-0.2, -0.15) is 25.3 Å². The zero-order chi connectivity index (χ0) is 9.78. The molecule has 0 aromatic carbocycles. The van der Waals surface area contributed by atoms with Crippen LogP contribution in [0.1, 0.15) is 19.3 Å². The van der Waals surface area contributed by atoms with Gasteiger partial charge in [-0.3, -0.25) is 9.59 Å². The van der Waals surface area contributed by atoms with Crippen LogP contribution in [0.15, 0.2) is 0 Å². The molecule has 0 rings (SSSR count). The molecule has 0 unspecified atom stereocenters. The highest BCUT2D eigenvalue weighted by Gasteiger charge is 2.24. The Labute approximate surface area is 80.8 Å². The average Bonchev–Trinajstić information content (AvgIpc) is 1.81. The molecule has 0 aromatic heterocycles. The van der Waals surface area contributed by atoms with Crippen LogP contribution < -0.4 is 0 Å². The number of thiol groups is 2. The molecule has 4 nitrogen and oxygen atoms in total. The van der Waals surface area contributed by atoms with E-state index in [0.717, 1.165) is 0 Å². The van der Waals surface area contributed by atoms with Crippen LogP contribution in [0, 0.1) is 0 Å². The van der Waals surface area contributed by atoms with Gasteiger partial charge in [0.05, 0.1) is 10.5 Å². The molecule has 6 heteroatoms. The van der Waals surface area contributed by atoms with E-state index in [0.29, 0.717) is 0 Å². The Morgan fingerprint density at radius 1 is 1.17 bits per heavy atom. The van der Waals surface area contributed by atoms with Gasteiger partial charge in [0.25, 0.3) is 0 Å². The van der Waals surface area contributed by atoms with Crippen LogP contribution in [-0.2, 0) is 9.59 Å². The van der Waals surface area contributed by atoms with E-state index in [1.807, 2.05) is 0 Å². The Morgan fingerprint density at radius 3 is 2.00 bits per heavy atom. The van der Waals surface area contributed by atoms with Crippen LogP contribution in [0.25, 0.3) is 0 Å². The summed E-state index contributed by atoms with van der Waals surface area (Å²) < 4.78 is -1.04. The summed E-state index contributed by atoms with van der Waals surface area (Å²) in [6.45, 7) is 0. The van der Waals surface area contributed by atoms with E-state index in [1.165, 1.54) is 0 Å². The summed E-state index contributed by atoms with van der Waals surface area (Å²) in [5, 5.41) is 16.7. The zero-order valence-corrected chi connectivity index (χ0v) is 8.02. The van der Waals surface area contributed by atoms with Crippen molar-refractivity contribution in [2.24, 2.45) is 0 Å². The predicted octanol–water partition coefficient (Wildman–Crippen LogP) is 0.882. The molecule has 0 aliphatic heterocycles. The fraction of sp³-hybridized carbons (Fsp3) is 0.667. The van der Waals surface area contributed by atoms with Gasteiger partial charge < -0.3 is 10.2 Å². The summed E-state index contributed by atoms with van der Waals surface area (Å²) in [5.41, 5.74) is 0. The van der Waals surface area contributed by atoms with Crippen molar-refractivity contribution in [3.05, 3.63) is 0 Å². The highest BCUT2D eigenvalue weighted by Crippen LogP contribution is 2.29. The first-order chi connectivity index (χ1) is 5.33. The summed E-state index contributed by atoms with van der Waals surface area (Å²) in [6.07, 6.45) is -0.256. The Bertz CT molecular complexity index is 190. The van der Waals surface area contributed by atoms with Crippen molar-refractivity contribution >= 4 is 37.2 Å². The molecule has 0 aromatic rings. The van der Waals surface area contributed by atoms with Gasteiger partial charge in [0.1, 0.15) is 0 Å². The topological polar surface area (TPSA) is 74.6 Å². The van der Waals surface area contributed by atoms with E-state index < -0.39 is 16.0 Å². The summed E-state index contributed by atoms with van der Waals surface area (Å²) in [5.74, 6) is -2.02. The monoisotopic (exact) mass is 210 g/mol. The molecule has 0 radical (unpaired) electrons. The largest absolute Gasteiger partial charge is 0.481 e. The smallest absolute Gasteiger partial charge is 0.305 e. The first-order valence-corrected chi connectivity index (χ1v) is 4.11. The van der Waals surface area contributed by atoms with Crippen LogP contribution in [0.2, 0.25) is 0 Å². The summed E-state index contributed by atoms with van der Waals surface area (Å²) in [6, 6.07) is 0. The molecule has 0 heterocycles. The molecule has 0 aliphatic carbocycles. The zero-order valence-electron chi connectivity index (χ0n) is 6.23. The van der Waals surface area contributed by atoms with Crippen LogP contribution >= 0.6 is 25.3 Å². The van der Waals surface area contributed by atoms with Gasteiger partial charge >= 0.3 is 11.9 Å². The number of hydrogen-bond donors (Lipinski definition) is 4. The van der Waals surface area contributed by atoms with E-state index in [9.17, 15) is 9.59 Å². The van der Waals surface area contributed by atoms with Crippen molar-refractivity contribution < 1.29 is 19.8 Å². The first kappa shape index (κ1) is 11.6. The molecule has 0 saturated carbocycles. The van der Waals surface area contributed by atoms with E-state index in [2.05, 4.69) is 25.3 Å². The number of rotatable bonds is 5. The lowest BCUT2D eigenvalue weighted by molar-refractivity contribution is -0.139. The lowest BCUT2D eigenvalue weighted by atomic mass is 10.2. The predicted molar refractivity (Wildman–Crippen MR) is 49.8 cm³/mol. The molecule has 0 atom stereocenters. The lowest BCUT2D eigenvalue weighted by Crippen LogP contribution is -2.19. The molecule has 0 spiro atoms. The second-order valence-electron chi connectivity index (χ2n) is 2.45. The van der Waals surface area contributed by atoms with Crippen molar-refractivity contribution in [2.75, 3.05) is 0 Å². The van der Waals surface area contributed by atoms with Crippen LogP contribution in [0.5, 0.6) is 0 Å². The maximum absolute atomic E-state index is 10.2. The van der Waals surface area contributed by atoms with Gasteiger partial charge in [0, 0.05) is 6.42 Å². The minimum absolute atomic E-state index is 0.125. The van der Waals surface area contributed by atoms with E-state index >= 15 is 0 Å². The maximum Gasteiger partial charge on any atom is 0.305 e. The second kappa shape index (κ2) is 4.61. The third kappa shape index (κ3) is 6.36. The quantitative estimate of drug-likeness (QED) is 0.401. The highest BCUT2D eigenvalue weighted by atomic mass is 32.2. The van der Waals surface area contributed by atoms with Crippen molar-refractivity contribution in [1.82, 2.24) is 0 Å². The Kier molecular flexibility index (Phi) is 4.47. The summed E-state index contributed by atoms with van der Waals surface area (Å²) in [7, 11) is 0. The Morgan fingerprint density at radius 2 is 1.67 bits per heavy atom. The number of carboxylic acid groups (broad SMARTS) is 2. The van der Waals surface area contributed by atoms with E-state index in [4.69, 9.17) is 10.2 Å². The van der Waals surface area contributed by atoms with Crippen LogP contribution in [0.3, 0.4) is 0 Å². The average molecular weight is 210 g/mol. The highest BCUT2D eigenvalue weighted by molar-refractivity contribution is 8.00. The molecule has 0 fully saturated rings. The van der Waals surface area contributed by atoms with E-state index in [1.54, 1.807) is 0 Å². The lowest BCUT2D eigenvalue weighted by Gasteiger charge is -2.18. The van der Waals surface area contributed by atoms with Crippen molar-refractivity contribution in [3.8, 4) is 0 Å². The van der Waals surface area contributed by atoms with Crippen molar-refractivity contribution in [2.45, 2.75) is 23.3 Å². The molecule has 0 bridgehead atoms. The minimum atomic E-state index is -1.04. The normalized spacial score (nSPS) is 11.2. The van der Waals surface area contributed by atoms with Gasteiger partial charge in [-0.1, -0.05) is 0 Å². The third-order valence-corrected chi connectivity index (χ3v) is 1.94.